The van der Waals surface area contributed by atoms with Crippen molar-refractivity contribution in [3.63, 3.8) is 0 Å². The Hall–Kier alpha value is -0.770. The minimum atomic E-state index is -0.122. The van der Waals surface area contributed by atoms with Gasteiger partial charge >= 0.3 is 0 Å². The Morgan fingerprint density at radius 3 is 2.48 bits per heavy atom. The summed E-state index contributed by atoms with van der Waals surface area (Å²) in [6.45, 7) is 5.70. The first-order valence-corrected chi connectivity index (χ1v) is 7.66. The fourth-order valence-corrected chi connectivity index (χ4v) is 3.03. The minimum Gasteiger partial charge on any atom is -0.342 e. The molecule has 1 heterocycles. The molecule has 1 fully saturated rings. The maximum absolute atomic E-state index is 12.8. The van der Waals surface area contributed by atoms with Crippen molar-refractivity contribution in [3.05, 3.63) is 34.9 Å². The molecular weight excluding hydrogens is 307 g/mol. The molecule has 0 aliphatic carbocycles. The van der Waals surface area contributed by atoms with Gasteiger partial charge in [-0.05, 0) is 36.5 Å². The topological polar surface area (TPSA) is 46.3 Å². The number of nitrogens with two attached hydrogens (primary N) is 1. The molecule has 1 unspecified atom stereocenters. The number of amides is 1. The predicted octanol–water partition coefficient (Wildman–Crippen LogP) is 3.45. The normalized spacial score (nSPS) is 17.5. The highest BCUT2D eigenvalue weighted by atomic mass is 35.5. The average molecular weight is 331 g/mol. The molecule has 0 radical (unpaired) electrons. The summed E-state index contributed by atoms with van der Waals surface area (Å²) in [4.78, 5) is 14.8. The third kappa shape index (κ3) is 4.60. The Kier molecular flexibility index (Phi) is 6.98. The summed E-state index contributed by atoms with van der Waals surface area (Å²) < 4.78 is 0. The third-order valence-corrected chi connectivity index (χ3v) is 4.23. The van der Waals surface area contributed by atoms with Gasteiger partial charge in [0.05, 0.1) is 5.92 Å². The molecule has 1 amide bonds. The summed E-state index contributed by atoms with van der Waals surface area (Å²) >= 11 is 6.06. The number of benzene rings is 1. The van der Waals surface area contributed by atoms with E-state index >= 15 is 0 Å². The molecule has 118 valence electrons. The van der Waals surface area contributed by atoms with Crippen molar-refractivity contribution >= 4 is 29.9 Å². The number of piperidine rings is 1. The van der Waals surface area contributed by atoms with E-state index in [1.165, 1.54) is 0 Å². The van der Waals surface area contributed by atoms with Crippen LogP contribution in [0.15, 0.2) is 24.3 Å². The third-order valence-electron chi connectivity index (χ3n) is 3.99. The van der Waals surface area contributed by atoms with Crippen molar-refractivity contribution in [2.75, 3.05) is 13.1 Å². The monoisotopic (exact) mass is 330 g/mol. The molecule has 1 aromatic rings. The van der Waals surface area contributed by atoms with Crippen LogP contribution in [0.2, 0.25) is 5.02 Å². The van der Waals surface area contributed by atoms with E-state index in [9.17, 15) is 4.79 Å². The number of carbonyl (C=O) groups excluding carboxylic acids is 1. The van der Waals surface area contributed by atoms with Crippen molar-refractivity contribution in [1.29, 1.82) is 0 Å². The van der Waals surface area contributed by atoms with Crippen LogP contribution < -0.4 is 5.73 Å². The highest BCUT2D eigenvalue weighted by Crippen LogP contribution is 2.29. The molecule has 1 aliphatic heterocycles. The maximum Gasteiger partial charge on any atom is 0.230 e. The smallest absolute Gasteiger partial charge is 0.230 e. The lowest BCUT2D eigenvalue weighted by atomic mass is 9.86. The van der Waals surface area contributed by atoms with Gasteiger partial charge in [0.25, 0.3) is 0 Å². The van der Waals surface area contributed by atoms with Gasteiger partial charge in [0.2, 0.25) is 5.91 Å². The molecule has 1 saturated heterocycles. The zero-order valence-corrected chi connectivity index (χ0v) is 14.2. The highest BCUT2D eigenvalue weighted by Gasteiger charge is 2.30. The van der Waals surface area contributed by atoms with Crippen molar-refractivity contribution in [1.82, 2.24) is 4.90 Å². The van der Waals surface area contributed by atoms with E-state index in [0.29, 0.717) is 5.02 Å². The lowest BCUT2D eigenvalue weighted by Crippen LogP contribution is -2.45. The van der Waals surface area contributed by atoms with Gasteiger partial charge in [-0.1, -0.05) is 37.6 Å². The van der Waals surface area contributed by atoms with Crippen LogP contribution in [0.5, 0.6) is 0 Å². The van der Waals surface area contributed by atoms with Crippen LogP contribution in [0.3, 0.4) is 0 Å². The van der Waals surface area contributed by atoms with E-state index in [1.807, 2.05) is 29.2 Å². The quantitative estimate of drug-likeness (QED) is 0.922. The Morgan fingerprint density at radius 2 is 1.95 bits per heavy atom. The van der Waals surface area contributed by atoms with Crippen molar-refractivity contribution < 1.29 is 4.79 Å². The average Bonchev–Trinajstić information content (AvgIpc) is 2.39. The largest absolute Gasteiger partial charge is 0.342 e. The first-order chi connectivity index (χ1) is 9.49. The Morgan fingerprint density at radius 1 is 1.33 bits per heavy atom. The molecule has 1 aromatic carbocycles. The molecule has 2 N–H and O–H groups in total. The SMILES string of the molecule is CC(C)C(C(=O)N1CCC(N)CC1)c1cccc(Cl)c1.Cl. The lowest BCUT2D eigenvalue weighted by molar-refractivity contribution is -0.134. The Labute approximate surface area is 138 Å². The van der Waals surface area contributed by atoms with Gasteiger partial charge in [-0.25, -0.2) is 0 Å². The van der Waals surface area contributed by atoms with Gasteiger partial charge in [0, 0.05) is 24.2 Å². The molecular formula is C16H24Cl2N2O. The first kappa shape index (κ1) is 18.3. The van der Waals surface area contributed by atoms with E-state index in [-0.39, 0.29) is 36.2 Å². The Balaban J connectivity index is 0.00000220. The molecule has 5 heteroatoms. The first-order valence-electron chi connectivity index (χ1n) is 7.29. The predicted molar refractivity (Wildman–Crippen MR) is 90.1 cm³/mol. The molecule has 0 aromatic heterocycles. The molecule has 0 saturated carbocycles. The summed E-state index contributed by atoms with van der Waals surface area (Å²) in [7, 11) is 0. The summed E-state index contributed by atoms with van der Waals surface area (Å²) in [6.07, 6.45) is 1.79. The van der Waals surface area contributed by atoms with Gasteiger partial charge in [-0.2, -0.15) is 0 Å². The number of halogens is 2. The second-order valence-corrected chi connectivity index (χ2v) is 6.38. The number of carbonyl (C=O) groups is 1. The molecule has 0 spiro atoms. The van der Waals surface area contributed by atoms with Crippen LogP contribution in [-0.4, -0.2) is 29.9 Å². The van der Waals surface area contributed by atoms with E-state index < -0.39 is 0 Å². The van der Waals surface area contributed by atoms with Crippen LogP contribution >= 0.6 is 24.0 Å². The summed E-state index contributed by atoms with van der Waals surface area (Å²) in [6, 6.07) is 7.88. The van der Waals surface area contributed by atoms with Gasteiger partial charge in [-0.3, -0.25) is 4.79 Å². The van der Waals surface area contributed by atoms with E-state index in [1.54, 1.807) is 0 Å². The zero-order chi connectivity index (χ0) is 14.7. The van der Waals surface area contributed by atoms with Crippen molar-refractivity contribution in [3.8, 4) is 0 Å². The molecule has 1 atom stereocenters. The van der Waals surface area contributed by atoms with Crippen LogP contribution in [0.1, 0.15) is 38.2 Å². The second-order valence-electron chi connectivity index (χ2n) is 5.94. The highest BCUT2D eigenvalue weighted by molar-refractivity contribution is 6.30. The van der Waals surface area contributed by atoms with Crippen LogP contribution in [0.25, 0.3) is 0 Å². The van der Waals surface area contributed by atoms with Gasteiger partial charge in [0.15, 0.2) is 0 Å². The number of hydrogen-bond acceptors (Lipinski definition) is 2. The van der Waals surface area contributed by atoms with Crippen LogP contribution in [0.4, 0.5) is 0 Å². The molecule has 0 bridgehead atoms. The molecule has 3 nitrogen and oxygen atoms in total. The van der Waals surface area contributed by atoms with Crippen molar-refractivity contribution in [2.45, 2.75) is 38.6 Å². The molecule has 1 aliphatic rings. The Bertz CT molecular complexity index is 471. The fourth-order valence-electron chi connectivity index (χ4n) is 2.83. The summed E-state index contributed by atoms with van der Waals surface area (Å²) in [5.41, 5.74) is 6.92. The zero-order valence-electron chi connectivity index (χ0n) is 12.6. The van der Waals surface area contributed by atoms with E-state index in [2.05, 4.69) is 13.8 Å². The van der Waals surface area contributed by atoms with Crippen molar-refractivity contribution in [2.24, 2.45) is 11.7 Å². The molecule has 2 rings (SSSR count). The number of hydrogen-bond donors (Lipinski definition) is 1. The van der Waals surface area contributed by atoms with E-state index in [4.69, 9.17) is 17.3 Å². The standard InChI is InChI=1S/C16H23ClN2O.ClH/c1-11(2)15(12-4-3-5-13(17)10-12)16(20)19-8-6-14(18)7-9-19;/h3-5,10-11,14-15H,6-9,18H2,1-2H3;1H. The second kappa shape index (κ2) is 8.02. The van der Waals surface area contributed by atoms with Crippen LogP contribution in [0, 0.1) is 5.92 Å². The molecule has 21 heavy (non-hydrogen) atoms. The van der Waals surface area contributed by atoms with Gasteiger partial charge in [-0.15, -0.1) is 12.4 Å². The summed E-state index contributed by atoms with van der Waals surface area (Å²) in [5, 5.41) is 0.682. The number of likely N-dealkylation sites (tertiary alicyclic amines) is 1. The van der Waals surface area contributed by atoms with Gasteiger partial charge < -0.3 is 10.6 Å². The minimum absolute atomic E-state index is 0. The maximum atomic E-state index is 12.8. The van der Waals surface area contributed by atoms with Gasteiger partial charge in [0.1, 0.15) is 0 Å². The summed E-state index contributed by atoms with van der Waals surface area (Å²) in [5.74, 6) is 0.328. The van der Waals surface area contributed by atoms with E-state index in [0.717, 1.165) is 31.5 Å². The lowest BCUT2D eigenvalue weighted by Gasteiger charge is -2.34. The fraction of sp³-hybridized carbons (Fsp3) is 0.562. The number of nitrogens with zero attached hydrogens (tertiary/aromatic N) is 1. The van der Waals surface area contributed by atoms with Crippen LogP contribution in [-0.2, 0) is 4.79 Å². The number of rotatable bonds is 3.